The van der Waals surface area contributed by atoms with E-state index in [1.165, 1.54) is 12.1 Å². The van der Waals surface area contributed by atoms with Crippen LogP contribution in [0, 0.1) is 5.82 Å². The van der Waals surface area contributed by atoms with Crippen molar-refractivity contribution in [2.45, 2.75) is 6.42 Å². The van der Waals surface area contributed by atoms with E-state index in [4.69, 9.17) is 17.3 Å². The minimum absolute atomic E-state index is 0.0723. The lowest BCUT2D eigenvalue weighted by atomic mass is 10.1. The average Bonchev–Trinajstić information content (AvgIpc) is 2.34. The van der Waals surface area contributed by atoms with Gasteiger partial charge in [0.25, 0.3) is 0 Å². The first-order valence-electron chi connectivity index (χ1n) is 5.64. The summed E-state index contributed by atoms with van der Waals surface area (Å²) in [7, 11) is 0. The second-order valence-corrected chi connectivity index (χ2v) is 4.50. The molecule has 2 aromatic carbocycles. The van der Waals surface area contributed by atoms with Crippen LogP contribution in [0.2, 0.25) is 5.02 Å². The molecular formula is C14H12ClFN2O. The van der Waals surface area contributed by atoms with Gasteiger partial charge in [-0.2, -0.15) is 0 Å². The van der Waals surface area contributed by atoms with Gasteiger partial charge in [0.2, 0.25) is 5.91 Å². The summed E-state index contributed by atoms with van der Waals surface area (Å²) in [6.45, 7) is 0. The summed E-state index contributed by atoms with van der Waals surface area (Å²) >= 11 is 5.94. The Labute approximate surface area is 115 Å². The molecule has 2 aromatic rings. The third-order valence-corrected chi connectivity index (χ3v) is 2.85. The highest BCUT2D eigenvalue weighted by Crippen LogP contribution is 2.24. The first-order chi connectivity index (χ1) is 9.04. The summed E-state index contributed by atoms with van der Waals surface area (Å²) in [6.07, 6.45) is 0.0723. The lowest BCUT2D eigenvalue weighted by molar-refractivity contribution is -0.115. The van der Waals surface area contributed by atoms with E-state index < -0.39 is 0 Å². The number of nitrogens with two attached hydrogens (primary N) is 1. The maximum Gasteiger partial charge on any atom is 0.228 e. The Bertz CT molecular complexity index is 616. The SMILES string of the molecule is Nc1ccc(Cl)c(NC(=O)Cc2cccc(F)c2)c1. The summed E-state index contributed by atoms with van der Waals surface area (Å²) in [5, 5.41) is 3.05. The highest BCUT2D eigenvalue weighted by molar-refractivity contribution is 6.33. The van der Waals surface area contributed by atoms with Crippen LogP contribution in [0.3, 0.4) is 0 Å². The third kappa shape index (κ3) is 3.69. The zero-order chi connectivity index (χ0) is 13.8. The number of carbonyl (C=O) groups excluding carboxylic acids is 1. The highest BCUT2D eigenvalue weighted by atomic mass is 35.5. The van der Waals surface area contributed by atoms with E-state index in [0.717, 1.165) is 0 Å². The zero-order valence-electron chi connectivity index (χ0n) is 9.99. The molecule has 0 bridgehead atoms. The third-order valence-electron chi connectivity index (χ3n) is 2.52. The van der Waals surface area contributed by atoms with E-state index in [1.54, 1.807) is 30.3 Å². The first-order valence-corrected chi connectivity index (χ1v) is 6.02. The van der Waals surface area contributed by atoms with Gasteiger partial charge in [-0.3, -0.25) is 4.79 Å². The van der Waals surface area contributed by atoms with Crippen LogP contribution in [-0.2, 0) is 11.2 Å². The minimum atomic E-state index is -0.368. The fourth-order valence-electron chi connectivity index (χ4n) is 1.67. The highest BCUT2D eigenvalue weighted by Gasteiger charge is 2.07. The number of benzene rings is 2. The quantitative estimate of drug-likeness (QED) is 0.847. The van der Waals surface area contributed by atoms with Gasteiger partial charge in [0.05, 0.1) is 17.1 Å². The van der Waals surface area contributed by atoms with E-state index in [-0.39, 0.29) is 18.1 Å². The van der Waals surface area contributed by atoms with Crippen molar-refractivity contribution in [1.82, 2.24) is 0 Å². The molecule has 0 saturated carbocycles. The van der Waals surface area contributed by atoms with Crippen molar-refractivity contribution in [1.29, 1.82) is 0 Å². The van der Waals surface area contributed by atoms with Gasteiger partial charge in [-0.05, 0) is 35.9 Å². The lowest BCUT2D eigenvalue weighted by Gasteiger charge is -2.08. The molecule has 19 heavy (non-hydrogen) atoms. The molecule has 0 saturated heterocycles. The van der Waals surface area contributed by atoms with Gasteiger partial charge in [-0.15, -0.1) is 0 Å². The maximum atomic E-state index is 13.0. The Morgan fingerprint density at radius 2 is 2.05 bits per heavy atom. The van der Waals surface area contributed by atoms with Crippen molar-refractivity contribution in [2.24, 2.45) is 0 Å². The predicted octanol–water partition coefficient (Wildman–Crippen LogP) is 3.24. The Hall–Kier alpha value is -2.07. The van der Waals surface area contributed by atoms with Crippen LogP contribution in [0.5, 0.6) is 0 Å². The molecule has 0 aliphatic carbocycles. The molecule has 5 heteroatoms. The van der Waals surface area contributed by atoms with E-state index >= 15 is 0 Å². The van der Waals surface area contributed by atoms with Crippen LogP contribution in [0.1, 0.15) is 5.56 Å². The molecule has 0 aromatic heterocycles. The van der Waals surface area contributed by atoms with Gasteiger partial charge < -0.3 is 11.1 Å². The van der Waals surface area contributed by atoms with Crippen molar-refractivity contribution in [2.75, 3.05) is 11.1 Å². The van der Waals surface area contributed by atoms with E-state index in [2.05, 4.69) is 5.32 Å². The molecule has 0 aliphatic heterocycles. The second kappa shape index (κ2) is 5.71. The number of amides is 1. The van der Waals surface area contributed by atoms with Crippen LogP contribution in [0.4, 0.5) is 15.8 Å². The van der Waals surface area contributed by atoms with Crippen molar-refractivity contribution in [3.63, 3.8) is 0 Å². The minimum Gasteiger partial charge on any atom is -0.399 e. The van der Waals surface area contributed by atoms with E-state index in [9.17, 15) is 9.18 Å². The summed E-state index contributed by atoms with van der Waals surface area (Å²) < 4.78 is 13.0. The van der Waals surface area contributed by atoms with Crippen LogP contribution in [-0.4, -0.2) is 5.91 Å². The Morgan fingerprint density at radius 1 is 1.26 bits per heavy atom. The molecule has 0 aliphatic rings. The second-order valence-electron chi connectivity index (χ2n) is 4.09. The number of nitrogens with one attached hydrogen (secondary N) is 1. The van der Waals surface area contributed by atoms with Crippen molar-refractivity contribution in [3.05, 3.63) is 58.9 Å². The molecule has 1 amide bonds. The number of anilines is 2. The number of rotatable bonds is 3. The fourth-order valence-corrected chi connectivity index (χ4v) is 1.83. The summed E-state index contributed by atoms with van der Waals surface area (Å²) in [5.41, 5.74) is 7.16. The normalized spacial score (nSPS) is 10.2. The van der Waals surface area contributed by atoms with Crippen LogP contribution >= 0.6 is 11.6 Å². The van der Waals surface area contributed by atoms with Crippen molar-refractivity contribution in [3.8, 4) is 0 Å². The number of carbonyl (C=O) groups is 1. The molecule has 3 nitrogen and oxygen atoms in total. The molecule has 0 atom stereocenters. The molecule has 0 heterocycles. The Morgan fingerprint density at radius 3 is 2.79 bits per heavy atom. The molecule has 0 radical (unpaired) electrons. The average molecular weight is 279 g/mol. The molecule has 0 unspecified atom stereocenters. The Kier molecular flexibility index (Phi) is 4.02. The summed E-state index contributed by atoms with van der Waals surface area (Å²) in [5.74, 6) is -0.648. The van der Waals surface area contributed by atoms with Gasteiger partial charge in [-0.25, -0.2) is 4.39 Å². The predicted molar refractivity (Wildman–Crippen MR) is 74.6 cm³/mol. The van der Waals surface area contributed by atoms with E-state index in [1.807, 2.05) is 0 Å². The lowest BCUT2D eigenvalue weighted by Crippen LogP contribution is -2.14. The van der Waals surface area contributed by atoms with Crippen LogP contribution < -0.4 is 11.1 Å². The standard InChI is InChI=1S/C14H12ClFN2O/c15-12-5-4-11(17)8-13(12)18-14(19)7-9-2-1-3-10(16)6-9/h1-6,8H,7,17H2,(H,18,19). The smallest absolute Gasteiger partial charge is 0.228 e. The summed E-state index contributed by atoms with van der Waals surface area (Å²) in [6, 6.07) is 10.7. The fraction of sp³-hybridized carbons (Fsp3) is 0.0714. The Balaban J connectivity index is 2.07. The molecule has 98 valence electrons. The molecule has 0 spiro atoms. The number of halogens is 2. The topological polar surface area (TPSA) is 55.1 Å². The molecule has 0 fully saturated rings. The van der Waals surface area contributed by atoms with Gasteiger partial charge in [0.15, 0.2) is 0 Å². The number of hydrogen-bond donors (Lipinski definition) is 2. The first kappa shape index (κ1) is 13.4. The van der Waals surface area contributed by atoms with Crippen LogP contribution in [0.25, 0.3) is 0 Å². The van der Waals surface area contributed by atoms with Gasteiger partial charge in [-0.1, -0.05) is 23.7 Å². The summed E-state index contributed by atoms with van der Waals surface area (Å²) in [4.78, 5) is 11.8. The van der Waals surface area contributed by atoms with Crippen LogP contribution in [0.15, 0.2) is 42.5 Å². The zero-order valence-corrected chi connectivity index (χ0v) is 10.7. The van der Waals surface area contributed by atoms with Crippen molar-refractivity contribution >= 4 is 28.9 Å². The molecular weight excluding hydrogens is 267 g/mol. The van der Waals surface area contributed by atoms with E-state index in [0.29, 0.717) is 22.0 Å². The molecule has 3 N–H and O–H groups in total. The largest absolute Gasteiger partial charge is 0.399 e. The maximum absolute atomic E-state index is 13.0. The van der Waals surface area contributed by atoms with Crippen molar-refractivity contribution < 1.29 is 9.18 Å². The monoisotopic (exact) mass is 278 g/mol. The molecule has 2 rings (SSSR count). The van der Waals surface area contributed by atoms with Gasteiger partial charge in [0, 0.05) is 5.69 Å². The van der Waals surface area contributed by atoms with Gasteiger partial charge >= 0.3 is 0 Å². The van der Waals surface area contributed by atoms with Gasteiger partial charge in [0.1, 0.15) is 5.82 Å². The number of hydrogen-bond acceptors (Lipinski definition) is 2. The number of nitrogen functional groups attached to an aromatic ring is 1.